The molecule has 0 aliphatic carbocycles. The molecule has 0 saturated carbocycles. The van der Waals surface area contributed by atoms with Gasteiger partial charge in [-0.05, 0) is 54.8 Å². The Morgan fingerprint density at radius 1 is 1.00 bits per heavy atom. The number of benzene rings is 2. The Morgan fingerprint density at radius 2 is 1.72 bits per heavy atom. The molecule has 1 heterocycles. The van der Waals surface area contributed by atoms with Crippen molar-refractivity contribution in [3.63, 3.8) is 0 Å². The Bertz CT molecular complexity index is 872. The Kier molecular flexibility index (Phi) is 5.29. The van der Waals surface area contributed by atoms with E-state index in [1.807, 2.05) is 37.4 Å². The predicted molar refractivity (Wildman–Crippen MR) is 104 cm³/mol. The number of pyridine rings is 1. The summed E-state index contributed by atoms with van der Waals surface area (Å²) in [6.45, 7) is 2.19. The van der Waals surface area contributed by atoms with E-state index in [0.717, 1.165) is 35.1 Å². The number of carbonyl (C=O) groups excluding carboxylic acids is 1. The number of rotatable bonds is 6. The lowest BCUT2D eigenvalue weighted by Crippen LogP contribution is -2.13. The summed E-state index contributed by atoms with van der Waals surface area (Å²) in [6, 6.07) is 17.6. The first-order chi connectivity index (χ1) is 12.2. The topological polar surface area (TPSA) is 54.0 Å². The van der Waals surface area contributed by atoms with Gasteiger partial charge in [-0.3, -0.25) is 4.79 Å². The van der Waals surface area contributed by atoms with E-state index < -0.39 is 0 Å². The highest BCUT2D eigenvalue weighted by Crippen LogP contribution is 2.18. The molecule has 0 fully saturated rings. The molecular weight excluding hydrogens is 310 g/mol. The van der Waals surface area contributed by atoms with Gasteiger partial charge in [-0.15, -0.1) is 0 Å². The molecule has 0 bridgehead atoms. The van der Waals surface area contributed by atoms with Gasteiger partial charge in [0.25, 0.3) is 5.91 Å². The second-order valence-electron chi connectivity index (χ2n) is 6.11. The number of fused-ring (bicyclic) bond motifs is 1. The van der Waals surface area contributed by atoms with E-state index in [1.54, 1.807) is 6.07 Å². The molecule has 2 aromatic carbocycles. The molecule has 0 unspecified atom stereocenters. The maximum atomic E-state index is 12.5. The van der Waals surface area contributed by atoms with Crippen molar-refractivity contribution in [1.82, 2.24) is 4.98 Å². The van der Waals surface area contributed by atoms with E-state index in [2.05, 4.69) is 40.7 Å². The van der Waals surface area contributed by atoms with Crippen molar-refractivity contribution in [2.75, 3.05) is 17.7 Å². The van der Waals surface area contributed by atoms with Crippen LogP contribution in [0.4, 0.5) is 11.4 Å². The smallest absolute Gasteiger partial charge is 0.274 e. The minimum absolute atomic E-state index is 0.196. The molecule has 0 aliphatic rings. The molecule has 1 amide bonds. The average Bonchev–Trinajstić information content (AvgIpc) is 2.66. The van der Waals surface area contributed by atoms with Gasteiger partial charge in [0, 0.05) is 23.8 Å². The van der Waals surface area contributed by atoms with Gasteiger partial charge >= 0.3 is 0 Å². The molecule has 2 N–H and O–H groups in total. The zero-order valence-electron chi connectivity index (χ0n) is 14.7. The molecular formula is C21H23N3O. The molecule has 3 rings (SSSR count). The highest BCUT2D eigenvalue weighted by Gasteiger charge is 2.09. The zero-order chi connectivity index (χ0) is 17.6. The average molecular weight is 333 g/mol. The Morgan fingerprint density at radius 3 is 2.44 bits per heavy atom. The lowest BCUT2D eigenvalue weighted by atomic mass is 10.1. The first kappa shape index (κ1) is 17.0. The number of aromatic nitrogens is 1. The van der Waals surface area contributed by atoms with Crippen LogP contribution in [-0.2, 0) is 6.42 Å². The fourth-order valence-corrected chi connectivity index (χ4v) is 2.74. The van der Waals surface area contributed by atoms with Gasteiger partial charge in [0.1, 0.15) is 5.69 Å². The Hall–Kier alpha value is -2.88. The van der Waals surface area contributed by atoms with E-state index in [-0.39, 0.29) is 5.91 Å². The highest BCUT2D eigenvalue weighted by atomic mass is 16.1. The number of hydrogen-bond donors (Lipinski definition) is 2. The molecule has 25 heavy (non-hydrogen) atoms. The van der Waals surface area contributed by atoms with Crippen LogP contribution < -0.4 is 10.6 Å². The van der Waals surface area contributed by atoms with Crippen LogP contribution >= 0.6 is 0 Å². The summed E-state index contributed by atoms with van der Waals surface area (Å²) in [7, 11) is 1.86. The van der Waals surface area contributed by atoms with Crippen LogP contribution in [0.5, 0.6) is 0 Å². The second-order valence-corrected chi connectivity index (χ2v) is 6.11. The lowest BCUT2D eigenvalue weighted by Gasteiger charge is -2.08. The van der Waals surface area contributed by atoms with Crippen molar-refractivity contribution in [2.45, 2.75) is 26.2 Å². The fourth-order valence-electron chi connectivity index (χ4n) is 2.74. The minimum atomic E-state index is -0.196. The third kappa shape index (κ3) is 4.15. The zero-order valence-corrected chi connectivity index (χ0v) is 14.7. The number of unbranched alkanes of at least 4 members (excludes halogenated alkanes) is 1. The summed E-state index contributed by atoms with van der Waals surface area (Å²) < 4.78 is 0. The number of carbonyl (C=O) groups is 1. The largest absolute Gasteiger partial charge is 0.388 e. The lowest BCUT2D eigenvalue weighted by molar-refractivity contribution is 0.102. The predicted octanol–water partition coefficient (Wildman–Crippen LogP) is 4.87. The second kappa shape index (κ2) is 7.79. The summed E-state index contributed by atoms with van der Waals surface area (Å²) in [5.74, 6) is -0.196. The molecule has 0 saturated heterocycles. The molecule has 0 radical (unpaired) electrons. The van der Waals surface area contributed by atoms with Crippen molar-refractivity contribution < 1.29 is 4.79 Å². The number of anilines is 2. The van der Waals surface area contributed by atoms with Crippen molar-refractivity contribution in [1.29, 1.82) is 0 Å². The quantitative estimate of drug-likeness (QED) is 0.676. The molecule has 4 heteroatoms. The number of hydrogen-bond acceptors (Lipinski definition) is 3. The van der Waals surface area contributed by atoms with Crippen LogP contribution in [-0.4, -0.2) is 17.9 Å². The van der Waals surface area contributed by atoms with E-state index in [4.69, 9.17) is 0 Å². The van der Waals surface area contributed by atoms with Crippen LogP contribution in [0.2, 0.25) is 0 Å². The van der Waals surface area contributed by atoms with Crippen LogP contribution in [0.1, 0.15) is 35.8 Å². The SMILES string of the molecule is CCCCc1ccc2ccc(C(=O)Nc3ccc(NC)cc3)nc2c1. The molecule has 0 aliphatic heterocycles. The summed E-state index contributed by atoms with van der Waals surface area (Å²) in [6.07, 6.45) is 3.37. The number of nitrogens with zero attached hydrogens (tertiary/aromatic N) is 1. The van der Waals surface area contributed by atoms with Gasteiger partial charge in [0.2, 0.25) is 0 Å². The number of amides is 1. The van der Waals surface area contributed by atoms with Gasteiger partial charge in [-0.1, -0.05) is 31.5 Å². The maximum absolute atomic E-state index is 12.5. The standard InChI is InChI=1S/C21H23N3O/c1-3-4-5-15-6-7-16-8-13-19(24-20(16)14-15)21(25)23-18-11-9-17(22-2)10-12-18/h6-14,22H,3-5H2,1-2H3,(H,23,25). The third-order valence-electron chi connectivity index (χ3n) is 4.24. The summed E-state index contributed by atoms with van der Waals surface area (Å²) >= 11 is 0. The minimum Gasteiger partial charge on any atom is -0.388 e. The van der Waals surface area contributed by atoms with Crippen LogP contribution in [0.3, 0.4) is 0 Å². The highest BCUT2D eigenvalue weighted by molar-refractivity contribution is 6.04. The van der Waals surface area contributed by atoms with E-state index in [9.17, 15) is 4.79 Å². The van der Waals surface area contributed by atoms with E-state index in [1.165, 1.54) is 12.0 Å². The molecule has 3 aromatic rings. The first-order valence-corrected chi connectivity index (χ1v) is 8.68. The van der Waals surface area contributed by atoms with Crippen LogP contribution in [0, 0.1) is 0 Å². The summed E-state index contributed by atoms with van der Waals surface area (Å²) in [5, 5.41) is 7.00. The molecule has 0 spiro atoms. The van der Waals surface area contributed by atoms with Crippen LogP contribution in [0.15, 0.2) is 54.6 Å². The normalized spacial score (nSPS) is 10.6. The summed E-state index contributed by atoms with van der Waals surface area (Å²) in [4.78, 5) is 17.0. The van der Waals surface area contributed by atoms with E-state index in [0.29, 0.717) is 5.69 Å². The van der Waals surface area contributed by atoms with Gasteiger partial charge in [0.05, 0.1) is 5.52 Å². The van der Waals surface area contributed by atoms with Gasteiger partial charge in [-0.2, -0.15) is 0 Å². The monoisotopic (exact) mass is 333 g/mol. The van der Waals surface area contributed by atoms with Crippen molar-refractivity contribution in [3.8, 4) is 0 Å². The van der Waals surface area contributed by atoms with Gasteiger partial charge < -0.3 is 10.6 Å². The third-order valence-corrected chi connectivity index (χ3v) is 4.24. The van der Waals surface area contributed by atoms with Gasteiger partial charge in [0.15, 0.2) is 0 Å². The van der Waals surface area contributed by atoms with Gasteiger partial charge in [-0.25, -0.2) is 4.98 Å². The Labute approximate surface area is 148 Å². The Balaban J connectivity index is 1.80. The molecule has 1 aromatic heterocycles. The molecule has 0 atom stereocenters. The number of aryl methyl sites for hydroxylation is 1. The molecule has 4 nitrogen and oxygen atoms in total. The van der Waals surface area contributed by atoms with E-state index >= 15 is 0 Å². The maximum Gasteiger partial charge on any atom is 0.274 e. The van der Waals surface area contributed by atoms with Crippen molar-refractivity contribution in [3.05, 3.63) is 65.9 Å². The number of nitrogens with one attached hydrogen (secondary N) is 2. The van der Waals surface area contributed by atoms with Crippen LogP contribution in [0.25, 0.3) is 10.9 Å². The summed E-state index contributed by atoms with van der Waals surface area (Å²) in [5.41, 5.74) is 4.32. The fraction of sp³-hybridized carbons (Fsp3) is 0.238. The van der Waals surface area contributed by atoms with Crippen molar-refractivity contribution >= 4 is 28.2 Å². The molecule has 128 valence electrons. The van der Waals surface area contributed by atoms with Crippen molar-refractivity contribution in [2.24, 2.45) is 0 Å². The first-order valence-electron chi connectivity index (χ1n) is 8.68.